The van der Waals surface area contributed by atoms with Crippen LogP contribution in [0.2, 0.25) is 0 Å². The number of ether oxygens (including phenoxy) is 1. The first kappa shape index (κ1) is 22.6. The third kappa shape index (κ3) is 5.25. The molecule has 0 bridgehead atoms. The van der Waals surface area contributed by atoms with Crippen LogP contribution in [0.5, 0.6) is 5.75 Å². The van der Waals surface area contributed by atoms with Gasteiger partial charge in [0, 0.05) is 36.3 Å². The fraction of sp³-hybridized carbons (Fsp3) is 0.286. The number of carbonyl (C=O) groups excluding carboxylic acids is 1. The molecular weight excluding hydrogens is 410 g/mol. The Bertz CT molecular complexity index is 1220. The van der Waals surface area contributed by atoms with Crippen LogP contribution in [-0.2, 0) is 11.2 Å². The highest BCUT2D eigenvalue weighted by Crippen LogP contribution is 2.35. The fourth-order valence-electron chi connectivity index (χ4n) is 4.38. The molecule has 0 aliphatic carbocycles. The maximum atomic E-state index is 13.2. The number of pyridine rings is 1. The standard InChI is InChI=1S/C28H31N3O2/c1-20-10-9-17-31-25(19-29-28(20)31)24(23-13-7-8-14-26(23)33-3)18-27(32)30-21(2)15-16-22-11-5-4-6-12-22/h4-14,17,19,21,24H,15-16,18H2,1-3H3,(H,30,32). The molecule has 0 fully saturated rings. The van der Waals surface area contributed by atoms with Gasteiger partial charge in [0.2, 0.25) is 5.91 Å². The normalized spacial score (nSPS) is 12.9. The Labute approximate surface area is 195 Å². The Balaban J connectivity index is 1.56. The van der Waals surface area contributed by atoms with Gasteiger partial charge in [0.15, 0.2) is 0 Å². The molecule has 170 valence electrons. The van der Waals surface area contributed by atoms with Gasteiger partial charge in [-0.2, -0.15) is 0 Å². The zero-order valence-electron chi connectivity index (χ0n) is 19.5. The van der Waals surface area contributed by atoms with Gasteiger partial charge in [-0.1, -0.05) is 54.6 Å². The van der Waals surface area contributed by atoms with E-state index < -0.39 is 0 Å². The van der Waals surface area contributed by atoms with Crippen LogP contribution < -0.4 is 10.1 Å². The summed E-state index contributed by atoms with van der Waals surface area (Å²) in [6.45, 7) is 4.11. The minimum absolute atomic E-state index is 0.0223. The first-order valence-corrected chi connectivity index (χ1v) is 11.5. The molecule has 2 unspecified atom stereocenters. The number of rotatable bonds is 9. The monoisotopic (exact) mass is 441 g/mol. The third-order valence-corrected chi connectivity index (χ3v) is 6.14. The molecule has 33 heavy (non-hydrogen) atoms. The Morgan fingerprint density at radius 1 is 1.06 bits per heavy atom. The van der Waals surface area contributed by atoms with Gasteiger partial charge < -0.3 is 14.5 Å². The van der Waals surface area contributed by atoms with E-state index in [0.29, 0.717) is 6.42 Å². The first-order chi connectivity index (χ1) is 16.1. The molecule has 4 rings (SSSR count). The zero-order chi connectivity index (χ0) is 23.2. The molecule has 0 spiro atoms. The number of aryl methyl sites for hydroxylation is 2. The van der Waals surface area contributed by atoms with E-state index in [1.54, 1.807) is 7.11 Å². The summed E-state index contributed by atoms with van der Waals surface area (Å²) in [5, 5.41) is 3.20. The van der Waals surface area contributed by atoms with Crippen molar-refractivity contribution in [3.63, 3.8) is 0 Å². The summed E-state index contributed by atoms with van der Waals surface area (Å²) in [4.78, 5) is 17.8. The number of nitrogens with zero attached hydrogens (tertiary/aromatic N) is 2. The lowest BCUT2D eigenvalue weighted by atomic mass is 9.91. The molecule has 4 aromatic rings. The van der Waals surface area contributed by atoms with Crippen LogP contribution in [0.25, 0.3) is 5.65 Å². The molecule has 0 aliphatic rings. The molecule has 2 aromatic heterocycles. The van der Waals surface area contributed by atoms with Crippen molar-refractivity contribution in [2.45, 2.75) is 45.1 Å². The molecule has 1 amide bonds. The summed E-state index contributed by atoms with van der Waals surface area (Å²) in [7, 11) is 1.67. The number of para-hydroxylation sites is 1. The van der Waals surface area contributed by atoms with Gasteiger partial charge in [-0.05, 0) is 49.9 Å². The third-order valence-electron chi connectivity index (χ3n) is 6.14. The summed E-state index contributed by atoms with van der Waals surface area (Å²) in [6.07, 6.45) is 6.03. The van der Waals surface area contributed by atoms with Crippen LogP contribution in [0.1, 0.15) is 48.1 Å². The van der Waals surface area contributed by atoms with Crippen LogP contribution in [0.15, 0.2) is 79.1 Å². The summed E-state index contributed by atoms with van der Waals surface area (Å²) < 4.78 is 7.73. The number of nitrogens with one attached hydrogen (secondary N) is 1. The predicted octanol–water partition coefficient (Wildman–Crippen LogP) is 5.31. The molecule has 5 nitrogen and oxygen atoms in total. The van der Waals surface area contributed by atoms with Crippen LogP contribution in [0.4, 0.5) is 0 Å². The number of hydrogen-bond donors (Lipinski definition) is 1. The topological polar surface area (TPSA) is 55.6 Å². The second-order valence-corrected chi connectivity index (χ2v) is 8.56. The highest BCUT2D eigenvalue weighted by atomic mass is 16.5. The van der Waals surface area contributed by atoms with Gasteiger partial charge >= 0.3 is 0 Å². The van der Waals surface area contributed by atoms with Crippen molar-refractivity contribution in [1.82, 2.24) is 14.7 Å². The van der Waals surface area contributed by atoms with Crippen LogP contribution in [0, 0.1) is 6.92 Å². The van der Waals surface area contributed by atoms with Crippen molar-refractivity contribution < 1.29 is 9.53 Å². The number of carbonyl (C=O) groups is 1. The summed E-state index contributed by atoms with van der Waals surface area (Å²) >= 11 is 0. The minimum Gasteiger partial charge on any atom is -0.496 e. The smallest absolute Gasteiger partial charge is 0.221 e. The van der Waals surface area contributed by atoms with E-state index in [4.69, 9.17) is 4.74 Å². The predicted molar refractivity (Wildman–Crippen MR) is 132 cm³/mol. The average Bonchev–Trinajstić information content (AvgIpc) is 3.27. The number of hydrogen-bond acceptors (Lipinski definition) is 3. The SMILES string of the molecule is COc1ccccc1C(CC(=O)NC(C)CCc1ccccc1)c1cnc2c(C)cccn12. The van der Waals surface area contributed by atoms with Crippen molar-refractivity contribution >= 4 is 11.6 Å². The molecule has 2 atom stereocenters. The first-order valence-electron chi connectivity index (χ1n) is 11.5. The van der Waals surface area contributed by atoms with Gasteiger partial charge in [0.25, 0.3) is 0 Å². The van der Waals surface area contributed by atoms with E-state index in [0.717, 1.165) is 41.1 Å². The average molecular weight is 442 g/mol. The number of imidazole rings is 1. The van der Waals surface area contributed by atoms with E-state index in [9.17, 15) is 4.79 Å². The van der Waals surface area contributed by atoms with Crippen molar-refractivity contribution in [2.24, 2.45) is 0 Å². The minimum atomic E-state index is -0.181. The number of benzene rings is 2. The van der Waals surface area contributed by atoms with Gasteiger partial charge in [-0.3, -0.25) is 4.79 Å². The molecule has 0 radical (unpaired) electrons. The fourth-order valence-corrected chi connectivity index (χ4v) is 4.38. The van der Waals surface area contributed by atoms with Crippen molar-refractivity contribution in [3.05, 3.63) is 102 Å². The van der Waals surface area contributed by atoms with Crippen LogP contribution in [-0.4, -0.2) is 28.4 Å². The lowest BCUT2D eigenvalue weighted by molar-refractivity contribution is -0.121. The Morgan fingerprint density at radius 2 is 1.82 bits per heavy atom. The maximum absolute atomic E-state index is 13.2. The van der Waals surface area contributed by atoms with Gasteiger partial charge in [0.05, 0.1) is 12.8 Å². The Morgan fingerprint density at radius 3 is 2.61 bits per heavy atom. The lowest BCUT2D eigenvalue weighted by Gasteiger charge is -2.21. The number of amides is 1. The van der Waals surface area contributed by atoms with Crippen molar-refractivity contribution in [1.29, 1.82) is 0 Å². The molecule has 0 saturated carbocycles. The maximum Gasteiger partial charge on any atom is 0.221 e. The van der Waals surface area contributed by atoms with E-state index in [-0.39, 0.29) is 17.9 Å². The van der Waals surface area contributed by atoms with Gasteiger partial charge in [0.1, 0.15) is 11.4 Å². The molecule has 0 saturated heterocycles. The number of aromatic nitrogens is 2. The van der Waals surface area contributed by atoms with E-state index in [2.05, 4.69) is 33.8 Å². The lowest BCUT2D eigenvalue weighted by Crippen LogP contribution is -2.34. The largest absolute Gasteiger partial charge is 0.496 e. The van der Waals surface area contributed by atoms with E-state index >= 15 is 0 Å². The van der Waals surface area contributed by atoms with Gasteiger partial charge in [-0.15, -0.1) is 0 Å². The molecule has 5 heteroatoms. The highest BCUT2D eigenvalue weighted by Gasteiger charge is 2.25. The molecular formula is C28H31N3O2. The zero-order valence-corrected chi connectivity index (χ0v) is 19.5. The highest BCUT2D eigenvalue weighted by molar-refractivity contribution is 5.78. The van der Waals surface area contributed by atoms with Crippen LogP contribution in [0.3, 0.4) is 0 Å². The Kier molecular flexibility index (Phi) is 7.08. The number of fused-ring (bicyclic) bond motifs is 1. The number of methoxy groups -OCH3 is 1. The second-order valence-electron chi connectivity index (χ2n) is 8.56. The molecule has 1 N–H and O–H groups in total. The molecule has 2 heterocycles. The summed E-state index contributed by atoms with van der Waals surface area (Å²) in [5.74, 6) is 0.614. The van der Waals surface area contributed by atoms with E-state index in [1.165, 1.54) is 5.56 Å². The van der Waals surface area contributed by atoms with Crippen LogP contribution >= 0.6 is 0 Å². The quantitative estimate of drug-likeness (QED) is 0.383. The summed E-state index contributed by atoms with van der Waals surface area (Å²) in [6, 6.07) is 22.4. The summed E-state index contributed by atoms with van der Waals surface area (Å²) in [5.41, 5.74) is 5.25. The van der Waals surface area contributed by atoms with Gasteiger partial charge in [-0.25, -0.2) is 4.98 Å². The van der Waals surface area contributed by atoms with E-state index in [1.807, 2.05) is 73.9 Å². The van der Waals surface area contributed by atoms with Crippen molar-refractivity contribution in [2.75, 3.05) is 7.11 Å². The Hall–Kier alpha value is -3.60. The van der Waals surface area contributed by atoms with Crippen molar-refractivity contribution in [3.8, 4) is 5.75 Å². The molecule has 2 aromatic carbocycles. The second kappa shape index (κ2) is 10.3. The molecule has 0 aliphatic heterocycles.